The number of nitrogens with zero attached hydrogens (tertiary/aromatic N) is 3. The Bertz CT molecular complexity index is 455. The van der Waals surface area contributed by atoms with E-state index in [1.165, 1.54) is 12.1 Å². The molecule has 19 heavy (non-hydrogen) atoms. The Morgan fingerprint density at radius 2 is 2.00 bits per heavy atom. The van der Waals surface area contributed by atoms with E-state index < -0.39 is 5.97 Å². The molecule has 0 aromatic carbocycles. The van der Waals surface area contributed by atoms with Gasteiger partial charge in [0.25, 0.3) is 0 Å². The number of anilines is 1. The molecule has 1 saturated heterocycles. The lowest BCUT2D eigenvalue weighted by Gasteiger charge is -2.15. The number of aromatic carboxylic acids is 1. The molecule has 0 saturated carbocycles. The third-order valence-electron chi connectivity index (χ3n) is 2.99. The van der Waals surface area contributed by atoms with Crippen LogP contribution in [0.25, 0.3) is 0 Å². The fraction of sp³-hybridized carbons (Fsp3) is 0.500. The highest BCUT2D eigenvalue weighted by Crippen LogP contribution is 2.09. The van der Waals surface area contributed by atoms with Gasteiger partial charge < -0.3 is 15.3 Å². The number of hydrogen-bond donors (Lipinski definition) is 2. The van der Waals surface area contributed by atoms with E-state index in [1.54, 1.807) is 0 Å². The number of carbonyl (C=O) groups is 2. The summed E-state index contributed by atoms with van der Waals surface area (Å²) in [7, 11) is 0. The zero-order chi connectivity index (χ0) is 13.7. The molecule has 0 spiro atoms. The number of carboxylic acids is 1. The second-order valence-corrected chi connectivity index (χ2v) is 4.37. The first-order valence-corrected chi connectivity index (χ1v) is 6.25. The van der Waals surface area contributed by atoms with Gasteiger partial charge in [0, 0.05) is 26.1 Å². The van der Waals surface area contributed by atoms with Crippen molar-refractivity contribution in [1.29, 1.82) is 0 Å². The maximum atomic E-state index is 11.8. The van der Waals surface area contributed by atoms with Crippen LogP contribution < -0.4 is 5.32 Å². The molecule has 2 rings (SSSR count). The molecule has 7 heteroatoms. The summed E-state index contributed by atoms with van der Waals surface area (Å²) in [5.74, 6) is -0.498. The van der Waals surface area contributed by atoms with Crippen LogP contribution in [0.3, 0.4) is 0 Å². The van der Waals surface area contributed by atoms with Crippen molar-refractivity contribution >= 4 is 17.7 Å². The molecule has 2 N–H and O–H groups in total. The predicted octanol–water partition coefficient (Wildman–Crippen LogP) is 0.599. The van der Waals surface area contributed by atoms with E-state index in [9.17, 15) is 9.59 Å². The molecule has 1 aliphatic rings. The highest BCUT2D eigenvalue weighted by Gasteiger charge is 2.17. The van der Waals surface area contributed by atoms with Gasteiger partial charge in [-0.25, -0.2) is 4.79 Å². The number of amides is 1. The van der Waals surface area contributed by atoms with Crippen LogP contribution in [0.4, 0.5) is 5.82 Å². The van der Waals surface area contributed by atoms with Crippen LogP contribution in [0, 0.1) is 0 Å². The average molecular weight is 264 g/mol. The maximum Gasteiger partial charge on any atom is 0.356 e. The van der Waals surface area contributed by atoms with E-state index in [0.717, 1.165) is 25.9 Å². The van der Waals surface area contributed by atoms with Gasteiger partial charge >= 0.3 is 5.97 Å². The number of carbonyl (C=O) groups excluding carboxylic acids is 1. The highest BCUT2D eigenvalue weighted by molar-refractivity contribution is 5.85. The lowest BCUT2D eigenvalue weighted by Crippen LogP contribution is -2.29. The van der Waals surface area contributed by atoms with Gasteiger partial charge in [0.15, 0.2) is 5.69 Å². The molecule has 1 fully saturated rings. The molecule has 102 valence electrons. The summed E-state index contributed by atoms with van der Waals surface area (Å²) in [6.45, 7) is 2.17. The molecule has 0 unspecified atom stereocenters. The molecule has 1 aliphatic heterocycles. The van der Waals surface area contributed by atoms with Crippen molar-refractivity contribution in [3.8, 4) is 0 Å². The molecule has 7 nitrogen and oxygen atoms in total. The Kier molecular flexibility index (Phi) is 4.27. The van der Waals surface area contributed by atoms with Crippen LogP contribution in [0.5, 0.6) is 0 Å². The fourth-order valence-electron chi connectivity index (χ4n) is 1.96. The van der Waals surface area contributed by atoms with Gasteiger partial charge in [-0.05, 0) is 25.0 Å². The van der Waals surface area contributed by atoms with E-state index >= 15 is 0 Å². The quantitative estimate of drug-likeness (QED) is 0.808. The Balaban J connectivity index is 1.75. The molecular weight excluding hydrogens is 248 g/mol. The van der Waals surface area contributed by atoms with E-state index in [0.29, 0.717) is 18.8 Å². The van der Waals surface area contributed by atoms with Crippen LogP contribution in [-0.4, -0.2) is 51.7 Å². The Labute approximate surface area is 110 Å². The Hall–Kier alpha value is -2.18. The maximum absolute atomic E-state index is 11.8. The van der Waals surface area contributed by atoms with Gasteiger partial charge in [-0.3, -0.25) is 4.79 Å². The van der Waals surface area contributed by atoms with Crippen LogP contribution in [0.2, 0.25) is 0 Å². The number of rotatable bonds is 5. The summed E-state index contributed by atoms with van der Waals surface area (Å²) >= 11 is 0. The fourth-order valence-corrected chi connectivity index (χ4v) is 1.96. The van der Waals surface area contributed by atoms with Gasteiger partial charge in [-0.2, -0.15) is 0 Å². The third-order valence-corrected chi connectivity index (χ3v) is 2.99. The molecule has 0 atom stereocenters. The van der Waals surface area contributed by atoms with E-state index in [2.05, 4.69) is 15.5 Å². The van der Waals surface area contributed by atoms with Crippen molar-refractivity contribution in [3.63, 3.8) is 0 Å². The van der Waals surface area contributed by atoms with Gasteiger partial charge in [0.2, 0.25) is 5.91 Å². The molecule has 2 heterocycles. The van der Waals surface area contributed by atoms with Crippen molar-refractivity contribution in [2.75, 3.05) is 25.0 Å². The van der Waals surface area contributed by atoms with Crippen molar-refractivity contribution in [1.82, 2.24) is 15.1 Å². The second-order valence-electron chi connectivity index (χ2n) is 4.37. The third kappa shape index (κ3) is 3.64. The van der Waals surface area contributed by atoms with Crippen LogP contribution >= 0.6 is 0 Å². The second kappa shape index (κ2) is 6.12. The SMILES string of the molecule is O=C(O)c1ccc(NCCC(=O)N2CCCC2)nn1. The topological polar surface area (TPSA) is 95.4 Å². The molecule has 0 radical (unpaired) electrons. The first kappa shape index (κ1) is 13.3. The van der Waals surface area contributed by atoms with Crippen molar-refractivity contribution in [2.24, 2.45) is 0 Å². The van der Waals surface area contributed by atoms with Crippen molar-refractivity contribution < 1.29 is 14.7 Å². The minimum absolute atomic E-state index is 0.0984. The minimum Gasteiger partial charge on any atom is -0.476 e. The smallest absolute Gasteiger partial charge is 0.356 e. The number of carboxylic acid groups (broad SMARTS) is 1. The monoisotopic (exact) mass is 264 g/mol. The first-order chi connectivity index (χ1) is 9.16. The lowest BCUT2D eigenvalue weighted by atomic mass is 10.3. The van der Waals surface area contributed by atoms with Crippen LogP contribution in [0.15, 0.2) is 12.1 Å². The molecule has 0 aliphatic carbocycles. The summed E-state index contributed by atoms with van der Waals surface area (Å²) in [4.78, 5) is 24.2. The number of nitrogens with one attached hydrogen (secondary N) is 1. The predicted molar refractivity (Wildman–Crippen MR) is 67.9 cm³/mol. The zero-order valence-corrected chi connectivity index (χ0v) is 10.5. The zero-order valence-electron chi connectivity index (χ0n) is 10.5. The lowest BCUT2D eigenvalue weighted by molar-refractivity contribution is -0.129. The van der Waals surface area contributed by atoms with E-state index in [4.69, 9.17) is 5.11 Å². The normalized spacial score (nSPS) is 14.4. The standard InChI is InChI=1S/C12H16N4O3/c17-11(16-7-1-2-8-16)5-6-13-10-4-3-9(12(18)19)14-15-10/h3-4H,1-2,5-8H2,(H,13,15)(H,18,19). The molecule has 0 bridgehead atoms. The summed E-state index contributed by atoms with van der Waals surface area (Å²) in [5.41, 5.74) is -0.0984. The molecule has 1 aromatic heterocycles. The molecule has 1 aromatic rings. The van der Waals surface area contributed by atoms with Crippen LogP contribution in [0.1, 0.15) is 29.8 Å². The minimum atomic E-state index is -1.11. The van der Waals surface area contributed by atoms with Crippen molar-refractivity contribution in [3.05, 3.63) is 17.8 Å². The summed E-state index contributed by atoms with van der Waals surface area (Å²) < 4.78 is 0. The molecule has 1 amide bonds. The highest BCUT2D eigenvalue weighted by atomic mass is 16.4. The first-order valence-electron chi connectivity index (χ1n) is 6.25. The van der Waals surface area contributed by atoms with Crippen molar-refractivity contribution in [2.45, 2.75) is 19.3 Å². The van der Waals surface area contributed by atoms with E-state index in [1.807, 2.05) is 4.90 Å². The average Bonchev–Trinajstić information content (AvgIpc) is 2.93. The number of likely N-dealkylation sites (tertiary alicyclic amines) is 1. The van der Waals surface area contributed by atoms with Gasteiger partial charge in [0.1, 0.15) is 5.82 Å². The summed E-state index contributed by atoms with van der Waals surface area (Å²) in [5, 5.41) is 18.9. The Morgan fingerprint density at radius 1 is 1.26 bits per heavy atom. The van der Waals surface area contributed by atoms with Crippen LogP contribution in [-0.2, 0) is 4.79 Å². The van der Waals surface area contributed by atoms with Gasteiger partial charge in [0.05, 0.1) is 0 Å². The van der Waals surface area contributed by atoms with Gasteiger partial charge in [-0.15, -0.1) is 10.2 Å². The van der Waals surface area contributed by atoms with E-state index in [-0.39, 0.29) is 11.6 Å². The largest absolute Gasteiger partial charge is 0.476 e. The number of hydrogen-bond acceptors (Lipinski definition) is 5. The number of aromatic nitrogens is 2. The Morgan fingerprint density at radius 3 is 2.58 bits per heavy atom. The molecular formula is C12H16N4O3. The van der Waals surface area contributed by atoms with Gasteiger partial charge in [-0.1, -0.05) is 0 Å². The summed E-state index contributed by atoms with van der Waals surface area (Å²) in [6.07, 6.45) is 2.57. The summed E-state index contributed by atoms with van der Waals surface area (Å²) in [6, 6.07) is 2.91.